The molecule has 0 amide bonds. The second-order valence-electron chi connectivity index (χ2n) is 7.98. The second kappa shape index (κ2) is 19.6. The Morgan fingerprint density at radius 2 is 0.808 bits per heavy atom. The van der Waals surface area contributed by atoms with Gasteiger partial charge in [0.1, 0.15) is 13.1 Å². The van der Waals surface area contributed by atoms with Crippen molar-refractivity contribution in [1.29, 1.82) is 0 Å². The summed E-state index contributed by atoms with van der Waals surface area (Å²) in [6.45, 7) is 3.03. The van der Waals surface area contributed by atoms with Crippen LogP contribution in [0.15, 0.2) is 0 Å². The highest BCUT2D eigenvalue weighted by atomic mass is 16.5. The Balaban J connectivity index is 3.26. The summed E-state index contributed by atoms with van der Waals surface area (Å²) in [7, 11) is 0. The van der Waals surface area contributed by atoms with Crippen molar-refractivity contribution in [2.75, 3.05) is 32.8 Å². The molecule has 0 aliphatic heterocycles. The van der Waals surface area contributed by atoms with Crippen molar-refractivity contribution in [2.24, 2.45) is 0 Å². The van der Waals surface area contributed by atoms with E-state index in [1.165, 1.54) is 89.9 Å². The lowest BCUT2D eigenvalue weighted by atomic mass is 10.0. The smallest absolute Gasteiger partial charge is 0.102 e. The maximum Gasteiger partial charge on any atom is 0.102 e. The highest BCUT2D eigenvalue weighted by Crippen LogP contribution is 2.14. The van der Waals surface area contributed by atoms with Crippen molar-refractivity contribution in [3.8, 4) is 0 Å². The lowest BCUT2D eigenvalue weighted by molar-refractivity contribution is -0.881. The predicted molar refractivity (Wildman–Crippen MR) is 112 cm³/mol. The summed E-state index contributed by atoms with van der Waals surface area (Å²) in [5.74, 6) is 0. The number of nitrogens with zero attached hydrogens (tertiary/aromatic N) is 1. The molecule has 0 unspecified atom stereocenters. The lowest BCUT2D eigenvalue weighted by Crippen LogP contribution is -2.47. The molecule has 0 aliphatic rings. The minimum atomic E-state index is -0.439. The molecule has 0 aromatic carbocycles. The molecule has 0 saturated carbocycles. The predicted octanol–water partition coefficient (Wildman–Crippen LogP) is 5.55. The molecule has 0 bridgehead atoms. The first kappa shape index (κ1) is 25.8. The van der Waals surface area contributed by atoms with E-state index in [9.17, 15) is 5.21 Å². The van der Waals surface area contributed by atoms with E-state index in [0.717, 1.165) is 12.8 Å². The first-order valence-electron chi connectivity index (χ1n) is 11.5. The van der Waals surface area contributed by atoms with Gasteiger partial charge in [-0.25, -0.2) is 0 Å². The molecule has 0 saturated heterocycles. The highest BCUT2D eigenvalue weighted by molar-refractivity contribution is 4.51. The van der Waals surface area contributed by atoms with Gasteiger partial charge in [-0.15, -0.1) is 0 Å². The third-order valence-electron chi connectivity index (χ3n) is 5.43. The van der Waals surface area contributed by atoms with Crippen LogP contribution in [0.4, 0.5) is 0 Å². The fourth-order valence-electron chi connectivity index (χ4n) is 3.65. The summed E-state index contributed by atoms with van der Waals surface area (Å²) in [5.41, 5.74) is 0. The van der Waals surface area contributed by atoms with Gasteiger partial charge >= 0.3 is 0 Å². The van der Waals surface area contributed by atoms with Crippen molar-refractivity contribution in [1.82, 2.24) is 0 Å². The van der Waals surface area contributed by atoms with Crippen molar-refractivity contribution in [3.63, 3.8) is 0 Å². The molecule has 0 aliphatic carbocycles. The van der Waals surface area contributed by atoms with Gasteiger partial charge in [0.15, 0.2) is 0 Å². The lowest BCUT2D eigenvalue weighted by Gasteiger charge is -2.42. The van der Waals surface area contributed by atoms with E-state index in [1.807, 2.05) is 0 Å². The van der Waals surface area contributed by atoms with E-state index in [0.29, 0.717) is 6.54 Å². The molecule has 2 N–H and O–H groups in total. The van der Waals surface area contributed by atoms with Gasteiger partial charge < -0.3 is 20.1 Å². The van der Waals surface area contributed by atoms with Crippen molar-refractivity contribution in [3.05, 3.63) is 5.21 Å². The van der Waals surface area contributed by atoms with Gasteiger partial charge in [-0.2, -0.15) is 0 Å². The van der Waals surface area contributed by atoms with Crippen LogP contribution in [0.2, 0.25) is 0 Å². The number of aliphatic hydroxyl groups is 2. The number of hydroxylamine groups is 3. The number of hydrogen-bond acceptors (Lipinski definition) is 3. The van der Waals surface area contributed by atoms with E-state index in [-0.39, 0.29) is 26.3 Å². The molecule has 0 fully saturated rings. The molecular formula is C22H47NO3. The van der Waals surface area contributed by atoms with Crippen LogP contribution in [-0.2, 0) is 0 Å². The zero-order valence-corrected chi connectivity index (χ0v) is 17.6. The highest BCUT2D eigenvalue weighted by Gasteiger charge is 2.14. The number of rotatable bonds is 21. The van der Waals surface area contributed by atoms with Crippen LogP contribution in [0, 0.1) is 5.21 Å². The molecule has 0 aromatic rings. The molecule has 0 aromatic heterocycles. The monoisotopic (exact) mass is 373 g/mol. The molecule has 0 atom stereocenters. The minimum Gasteiger partial charge on any atom is -0.633 e. The van der Waals surface area contributed by atoms with Crippen molar-refractivity contribution >= 4 is 0 Å². The number of quaternary nitrogens is 1. The maximum atomic E-state index is 12.3. The molecule has 4 nitrogen and oxygen atoms in total. The standard InChI is InChI=1S/C22H47NO3/c1-2-3-4-5-6-7-8-9-10-11-12-13-14-15-16-17-18-23(26,19-21-24)20-22-25/h24-25H,2-22H2,1H3. The number of hydrogen-bond donors (Lipinski definition) is 2. The third kappa shape index (κ3) is 17.3. The van der Waals surface area contributed by atoms with Crippen LogP contribution in [0.3, 0.4) is 0 Å². The van der Waals surface area contributed by atoms with E-state index in [4.69, 9.17) is 10.2 Å². The van der Waals surface area contributed by atoms with E-state index in [2.05, 4.69) is 6.92 Å². The summed E-state index contributed by atoms with van der Waals surface area (Å²) < 4.78 is -0.439. The van der Waals surface area contributed by atoms with Gasteiger partial charge in [0.2, 0.25) is 0 Å². The van der Waals surface area contributed by atoms with Crippen molar-refractivity contribution < 1.29 is 14.9 Å². The SMILES string of the molecule is CCCCCCCCCCCCCCCCCC[N+]([O-])(CCO)CCO. The Hall–Kier alpha value is -0.160. The van der Waals surface area contributed by atoms with Crippen LogP contribution < -0.4 is 0 Å². The van der Waals surface area contributed by atoms with E-state index in [1.54, 1.807) is 0 Å². The normalized spacial score (nSPS) is 12.0. The number of unbranched alkanes of at least 4 members (excludes halogenated alkanes) is 15. The Morgan fingerprint density at radius 1 is 0.500 bits per heavy atom. The average Bonchev–Trinajstić information content (AvgIpc) is 2.62. The summed E-state index contributed by atoms with van der Waals surface area (Å²) >= 11 is 0. The molecule has 0 spiro atoms. The van der Waals surface area contributed by atoms with Gasteiger partial charge in [-0.1, -0.05) is 96.8 Å². The quantitative estimate of drug-likeness (QED) is 0.158. The second-order valence-corrected chi connectivity index (χ2v) is 7.98. The largest absolute Gasteiger partial charge is 0.633 e. The summed E-state index contributed by atoms with van der Waals surface area (Å²) in [5, 5.41) is 30.2. The Bertz CT molecular complexity index is 268. The zero-order chi connectivity index (χ0) is 19.3. The minimum absolute atomic E-state index is 0.0949. The summed E-state index contributed by atoms with van der Waals surface area (Å²) in [6.07, 6.45) is 21.2. The van der Waals surface area contributed by atoms with Gasteiger partial charge in [-0.05, 0) is 12.8 Å². The van der Waals surface area contributed by atoms with Crippen molar-refractivity contribution in [2.45, 2.75) is 110 Å². The number of aliphatic hydroxyl groups excluding tert-OH is 2. The Labute approximate surface area is 163 Å². The molecular weight excluding hydrogens is 326 g/mol. The zero-order valence-electron chi connectivity index (χ0n) is 17.6. The fourth-order valence-corrected chi connectivity index (χ4v) is 3.65. The summed E-state index contributed by atoms with van der Waals surface area (Å²) in [6, 6.07) is 0. The topological polar surface area (TPSA) is 63.5 Å². The third-order valence-corrected chi connectivity index (χ3v) is 5.43. The van der Waals surface area contributed by atoms with Crippen LogP contribution in [0.1, 0.15) is 110 Å². The molecule has 0 rings (SSSR count). The van der Waals surface area contributed by atoms with Crippen LogP contribution >= 0.6 is 0 Å². The molecule has 26 heavy (non-hydrogen) atoms. The van der Waals surface area contributed by atoms with Crippen LogP contribution in [-0.4, -0.2) is 47.7 Å². The molecule has 0 radical (unpaired) electrons. The van der Waals surface area contributed by atoms with Crippen LogP contribution in [0.5, 0.6) is 0 Å². The van der Waals surface area contributed by atoms with Gasteiger partial charge in [0.25, 0.3) is 0 Å². The Morgan fingerprint density at radius 3 is 1.12 bits per heavy atom. The first-order chi connectivity index (χ1) is 12.7. The maximum absolute atomic E-state index is 12.3. The van der Waals surface area contributed by atoms with Crippen LogP contribution in [0.25, 0.3) is 0 Å². The molecule has 4 heteroatoms. The van der Waals surface area contributed by atoms with E-state index >= 15 is 0 Å². The Kier molecular flexibility index (Phi) is 19.5. The van der Waals surface area contributed by atoms with Gasteiger partial charge in [-0.3, -0.25) is 0 Å². The average molecular weight is 374 g/mol. The molecule has 0 heterocycles. The molecule has 158 valence electrons. The summed E-state index contributed by atoms with van der Waals surface area (Å²) in [4.78, 5) is 0. The van der Waals surface area contributed by atoms with Gasteiger partial charge in [0, 0.05) is 0 Å². The fraction of sp³-hybridized carbons (Fsp3) is 1.00. The van der Waals surface area contributed by atoms with Gasteiger partial charge in [0.05, 0.1) is 19.8 Å². The first-order valence-corrected chi connectivity index (χ1v) is 11.5. The van der Waals surface area contributed by atoms with E-state index < -0.39 is 4.65 Å².